The van der Waals surface area contributed by atoms with Gasteiger partial charge in [-0.3, -0.25) is 9.79 Å². The van der Waals surface area contributed by atoms with Crippen molar-refractivity contribution < 1.29 is 31.1 Å². The van der Waals surface area contributed by atoms with Gasteiger partial charge in [0.05, 0.1) is 11.4 Å². The second-order valence-corrected chi connectivity index (χ2v) is 11.4. The highest BCUT2D eigenvalue weighted by Crippen LogP contribution is 2.51. The predicted octanol–water partition coefficient (Wildman–Crippen LogP) is 3.30. The number of rotatable bonds is 5. The number of fused-ring (bicyclic) bond motifs is 2. The largest absolute Gasteiger partial charge is 0.433 e. The molecule has 1 saturated heterocycles. The molecule has 2 aromatic rings. The second-order valence-electron chi connectivity index (χ2n) is 8.81. The number of carbonyl (C=O) groups is 1. The number of ether oxygens (including phenoxy) is 1. The molecular formula is C22H23F3N4O4S. The predicted molar refractivity (Wildman–Crippen MR) is 119 cm³/mol. The van der Waals surface area contributed by atoms with Crippen molar-refractivity contribution in [3.05, 3.63) is 53.1 Å². The molecule has 3 heterocycles. The number of halogens is 3. The number of aromatic nitrogens is 1. The Balaban J connectivity index is 1.67. The average Bonchev–Trinajstić information content (AvgIpc) is 2.92. The van der Waals surface area contributed by atoms with Gasteiger partial charge in [-0.2, -0.15) is 8.78 Å². The maximum absolute atomic E-state index is 15.0. The van der Waals surface area contributed by atoms with E-state index in [4.69, 9.17) is 5.73 Å². The van der Waals surface area contributed by atoms with Crippen molar-refractivity contribution >= 4 is 27.3 Å². The number of aliphatic imine (C=N–C) groups is 1. The minimum Gasteiger partial charge on any atom is -0.433 e. The third-order valence-electron chi connectivity index (χ3n) is 6.67. The fraction of sp³-hybridized carbons (Fsp3) is 0.409. The summed E-state index contributed by atoms with van der Waals surface area (Å²) in [6.45, 7) is 1.52. The molecule has 2 aliphatic heterocycles. The quantitative estimate of drug-likeness (QED) is 0.655. The standard InChI is InChI=1S/C22H23F3N4O4S/c1-11-8-13(33-20(24)25)10-27-17(11)18(30)28-12-4-5-15(23)14(9-12)22(3)16-6-7-21(2,19(26)29-22)34(16,31)32/h4-5,8-10,16,20H,6-7H2,1-3H3,(H2,26,29)(H,28,30)/t16-,21+,22+/m0/s1. The fourth-order valence-electron chi connectivity index (χ4n) is 4.68. The summed E-state index contributed by atoms with van der Waals surface area (Å²) in [7, 11) is -3.73. The van der Waals surface area contributed by atoms with E-state index in [1.54, 1.807) is 0 Å². The first-order chi connectivity index (χ1) is 15.8. The van der Waals surface area contributed by atoms with Crippen LogP contribution < -0.4 is 15.8 Å². The fourth-order valence-corrected chi connectivity index (χ4v) is 7.26. The highest BCUT2D eigenvalue weighted by atomic mass is 32.2. The van der Waals surface area contributed by atoms with Crippen molar-refractivity contribution in [1.82, 2.24) is 4.98 Å². The Morgan fingerprint density at radius 3 is 2.65 bits per heavy atom. The zero-order chi connectivity index (χ0) is 25.1. The third kappa shape index (κ3) is 3.60. The van der Waals surface area contributed by atoms with Crippen LogP contribution in [-0.2, 0) is 15.4 Å². The van der Waals surface area contributed by atoms with Gasteiger partial charge in [-0.05, 0) is 63.4 Å². The van der Waals surface area contributed by atoms with Gasteiger partial charge >= 0.3 is 6.61 Å². The molecule has 1 aromatic carbocycles. The molecule has 0 radical (unpaired) electrons. The van der Waals surface area contributed by atoms with E-state index in [0.29, 0.717) is 6.42 Å². The van der Waals surface area contributed by atoms with Crippen LogP contribution in [0.4, 0.5) is 18.9 Å². The van der Waals surface area contributed by atoms with Crippen LogP contribution in [0.15, 0.2) is 35.5 Å². The number of aryl methyl sites for hydroxylation is 1. The van der Waals surface area contributed by atoms with Crippen LogP contribution in [-0.4, -0.2) is 41.8 Å². The number of nitrogens with zero attached hydrogens (tertiary/aromatic N) is 2. The first-order valence-electron chi connectivity index (χ1n) is 10.4. The molecule has 2 aliphatic rings. The molecule has 8 nitrogen and oxygen atoms in total. The van der Waals surface area contributed by atoms with E-state index in [-0.39, 0.29) is 40.5 Å². The molecule has 3 N–H and O–H groups in total. The zero-order valence-corrected chi connectivity index (χ0v) is 19.4. The Labute approximate surface area is 194 Å². The molecule has 182 valence electrons. The summed E-state index contributed by atoms with van der Waals surface area (Å²) < 4.78 is 69.1. The van der Waals surface area contributed by atoms with Crippen LogP contribution in [0.2, 0.25) is 0 Å². The van der Waals surface area contributed by atoms with Crippen molar-refractivity contribution in [3.63, 3.8) is 0 Å². The number of nitrogens with two attached hydrogens (primary N) is 1. The number of alkyl halides is 2. The zero-order valence-electron chi connectivity index (χ0n) is 18.6. The Hall–Kier alpha value is -3.15. The van der Waals surface area contributed by atoms with E-state index in [2.05, 4.69) is 20.0 Å². The van der Waals surface area contributed by atoms with Crippen LogP contribution in [0.3, 0.4) is 0 Å². The number of nitrogens with one attached hydrogen (secondary N) is 1. The lowest BCUT2D eigenvalue weighted by Crippen LogP contribution is -2.55. The van der Waals surface area contributed by atoms with Gasteiger partial charge in [0.1, 0.15) is 33.4 Å². The lowest BCUT2D eigenvalue weighted by Gasteiger charge is -2.39. The number of benzene rings is 1. The molecular weight excluding hydrogens is 473 g/mol. The number of hydrogen-bond acceptors (Lipinski definition) is 7. The molecule has 2 bridgehead atoms. The molecule has 0 spiro atoms. The lowest BCUT2D eigenvalue weighted by atomic mass is 9.86. The Kier molecular flexibility index (Phi) is 5.62. The summed E-state index contributed by atoms with van der Waals surface area (Å²) >= 11 is 0. The minimum atomic E-state index is -3.73. The van der Waals surface area contributed by atoms with E-state index >= 15 is 0 Å². The smallest absolute Gasteiger partial charge is 0.387 e. The number of amidine groups is 1. The molecule has 0 saturated carbocycles. The summed E-state index contributed by atoms with van der Waals surface area (Å²) in [5.41, 5.74) is 4.97. The molecule has 1 fully saturated rings. The Bertz CT molecular complexity index is 1320. The van der Waals surface area contributed by atoms with E-state index in [9.17, 15) is 26.4 Å². The number of sulfone groups is 1. The van der Waals surface area contributed by atoms with Crippen molar-refractivity contribution in [2.75, 3.05) is 5.32 Å². The summed E-state index contributed by atoms with van der Waals surface area (Å²) in [6.07, 6.45) is 1.55. The van der Waals surface area contributed by atoms with Crippen LogP contribution >= 0.6 is 0 Å². The van der Waals surface area contributed by atoms with Gasteiger partial charge in [0.25, 0.3) is 5.91 Å². The average molecular weight is 497 g/mol. The topological polar surface area (TPSA) is 124 Å². The highest BCUT2D eigenvalue weighted by molar-refractivity contribution is 7.94. The van der Waals surface area contributed by atoms with Gasteiger partial charge in [-0.25, -0.2) is 17.8 Å². The Morgan fingerprint density at radius 1 is 1.29 bits per heavy atom. The van der Waals surface area contributed by atoms with E-state index in [1.165, 1.54) is 39.0 Å². The van der Waals surface area contributed by atoms with E-state index in [0.717, 1.165) is 12.3 Å². The monoisotopic (exact) mass is 496 g/mol. The summed E-state index contributed by atoms with van der Waals surface area (Å²) in [6, 6.07) is 4.99. The SMILES string of the molecule is Cc1cc(OC(F)F)cnc1C(=O)Nc1ccc(F)c([C@@]2(C)N=C(N)[C@@]3(C)CC[C@@H]2S3(=O)=O)c1. The van der Waals surface area contributed by atoms with Crippen molar-refractivity contribution in [1.29, 1.82) is 0 Å². The molecule has 12 heteroatoms. The van der Waals surface area contributed by atoms with Crippen LogP contribution in [0.1, 0.15) is 48.3 Å². The molecule has 1 amide bonds. The summed E-state index contributed by atoms with van der Waals surface area (Å²) in [5, 5.41) is 1.61. The van der Waals surface area contributed by atoms with Crippen molar-refractivity contribution in [2.24, 2.45) is 10.7 Å². The highest BCUT2D eigenvalue weighted by Gasteiger charge is 2.63. The number of amides is 1. The van der Waals surface area contributed by atoms with E-state index in [1.807, 2.05) is 0 Å². The lowest BCUT2D eigenvalue weighted by molar-refractivity contribution is -0.0501. The van der Waals surface area contributed by atoms with Gasteiger partial charge in [0, 0.05) is 11.3 Å². The molecule has 0 aliphatic carbocycles. The van der Waals surface area contributed by atoms with Gasteiger partial charge in [-0.1, -0.05) is 0 Å². The van der Waals surface area contributed by atoms with Crippen LogP contribution in [0.5, 0.6) is 5.75 Å². The summed E-state index contributed by atoms with van der Waals surface area (Å²) in [5.74, 6) is -1.62. The van der Waals surface area contributed by atoms with Crippen LogP contribution in [0, 0.1) is 12.7 Å². The molecule has 34 heavy (non-hydrogen) atoms. The molecule has 1 aromatic heterocycles. The number of carbonyl (C=O) groups excluding carboxylic acids is 1. The van der Waals surface area contributed by atoms with Crippen LogP contribution in [0.25, 0.3) is 0 Å². The normalized spacial score (nSPS) is 27.4. The summed E-state index contributed by atoms with van der Waals surface area (Å²) in [4.78, 5) is 21.1. The first-order valence-corrected chi connectivity index (χ1v) is 12.0. The Morgan fingerprint density at radius 2 is 2.00 bits per heavy atom. The van der Waals surface area contributed by atoms with E-state index < -0.39 is 43.7 Å². The minimum absolute atomic E-state index is 0.0175. The van der Waals surface area contributed by atoms with Gasteiger partial charge < -0.3 is 15.8 Å². The molecule has 3 atom stereocenters. The first kappa shape index (κ1) is 24.0. The van der Waals surface area contributed by atoms with Crippen molar-refractivity contribution in [2.45, 2.75) is 55.8 Å². The molecule has 4 rings (SSSR count). The van der Waals surface area contributed by atoms with Gasteiger partial charge in [0.2, 0.25) is 0 Å². The van der Waals surface area contributed by atoms with Crippen molar-refractivity contribution in [3.8, 4) is 5.75 Å². The maximum Gasteiger partial charge on any atom is 0.387 e. The number of hydrogen-bond donors (Lipinski definition) is 2. The third-order valence-corrected chi connectivity index (χ3v) is 9.78. The molecule has 0 unspecified atom stereocenters. The maximum atomic E-state index is 15.0. The number of anilines is 1. The second kappa shape index (κ2) is 7.97. The van der Waals surface area contributed by atoms with Gasteiger partial charge in [-0.15, -0.1) is 0 Å². The van der Waals surface area contributed by atoms with Gasteiger partial charge in [0.15, 0.2) is 9.84 Å². The number of pyridine rings is 1.